The first-order valence-corrected chi connectivity index (χ1v) is 7.98. The summed E-state index contributed by atoms with van der Waals surface area (Å²) >= 11 is 0. The lowest BCUT2D eigenvalue weighted by Gasteiger charge is -2.14. The zero-order valence-corrected chi connectivity index (χ0v) is 14.4. The van der Waals surface area contributed by atoms with Crippen LogP contribution >= 0.6 is 0 Å². The highest BCUT2D eigenvalue weighted by Gasteiger charge is 2.09. The summed E-state index contributed by atoms with van der Waals surface area (Å²) in [5, 5.41) is 8.66. The van der Waals surface area contributed by atoms with Gasteiger partial charge >= 0.3 is 0 Å². The Labute approximate surface area is 139 Å². The Bertz CT molecular complexity index is 520. The predicted molar refractivity (Wildman–Crippen MR) is 94.1 cm³/mol. The normalized spacial score (nSPS) is 11.4. The lowest BCUT2D eigenvalue weighted by Crippen LogP contribution is -2.09. The molecule has 0 spiro atoms. The largest absolute Gasteiger partial charge is 0.493 e. The summed E-state index contributed by atoms with van der Waals surface area (Å²) in [6.07, 6.45) is 4.18. The van der Waals surface area contributed by atoms with E-state index < -0.39 is 0 Å². The molecule has 1 N–H and O–H groups in total. The van der Waals surface area contributed by atoms with Crippen LogP contribution in [-0.4, -0.2) is 38.6 Å². The summed E-state index contributed by atoms with van der Waals surface area (Å²) in [6.45, 7) is 9.32. The Kier molecular flexibility index (Phi) is 9.10. The maximum absolute atomic E-state index is 8.66. The van der Waals surface area contributed by atoms with Crippen LogP contribution in [0.4, 0.5) is 0 Å². The fourth-order valence-corrected chi connectivity index (χ4v) is 2.23. The monoisotopic (exact) mass is 320 g/mol. The molecule has 0 radical (unpaired) electrons. The van der Waals surface area contributed by atoms with E-state index in [1.54, 1.807) is 7.11 Å². The Morgan fingerprint density at radius 3 is 2.61 bits per heavy atom. The summed E-state index contributed by atoms with van der Waals surface area (Å²) < 4.78 is 16.3. The van der Waals surface area contributed by atoms with Crippen molar-refractivity contribution in [3.05, 3.63) is 42.0 Å². The SMILES string of the molecule is C=C(C)/C=C(/CCC)c1ccc(OCCOCCO)c(OC)c1. The van der Waals surface area contributed by atoms with Crippen molar-refractivity contribution in [2.75, 3.05) is 33.5 Å². The summed E-state index contributed by atoms with van der Waals surface area (Å²) in [7, 11) is 1.64. The molecule has 0 aliphatic carbocycles. The van der Waals surface area contributed by atoms with Crippen molar-refractivity contribution in [1.29, 1.82) is 0 Å². The van der Waals surface area contributed by atoms with Gasteiger partial charge in [0.15, 0.2) is 11.5 Å². The molecule has 4 heteroatoms. The van der Waals surface area contributed by atoms with Gasteiger partial charge in [0, 0.05) is 0 Å². The molecular weight excluding hydrogens is 292 g/mol. The van der Waals surface area contributed by atoms with E-state index in [1.165, 1.54) is 5.57 Å². The number of aliphatic hydroxyl groups excluding tert-OH is 1. The maximum atomic E-state index is 8.66. The number of ether oxygens (including phenoxy) is 3. The van der Waals surface area contributed by atoms with Crippen LogP contribution in [0.2, 0.25) is 0 Å². The molecule has 0 atom stereocenters. The van der Waals surface area contributed by atoms with Crippen LogP contribution in [-0.2, 0) is 4.74 Å². The van der Waals surface area contributed by atoms with Crippen LogP contribution in [0.3, 0.4) is 0 Å². The molecule has 23 heavy (non-hydrogen) atoms. The van der Waals surface area contributed by atoms with Crippen molar-refractivity contribution in [3.8, 4) is 11.5 Å². The number of allylic oxidation sites excluding steroid dienone is 3. The highest BCUT2D eigenvalue weighted by molar-refractivity contribution is 5.70. The minimum atomic E-state index is 0.0211. The van der Waals surface area contributed by atoms with Crippen molar-refractivity contribution in [2.45, 2.75) is 26.7 Å². The molecule has 0 fully saturated rings. The van der Waals surface area contributed by atoms with E-state index >= 15 is 0 Å². The zero-order valence-electron chi connectivity index (χ0n) is 14.4. The summed E-state index contributed by atoms with van der Waals surface area (Å²) in [5.74, 6) is 1.39. The first-order valence-electron chi connectivity index (χ1n) is 7.98. The molecule has 128 valence electrons. The third kappa shape index (κ3) is 6.89. The number of hydrogen-bond donors (Lipinski definition) is 1. The average molecular weight is 320 g/mol. The van der Waals surface area contributed by atoms with E-state index in [0.717, 1.165) is 24.0 Å². The second-order valence-electron chi connectivity index (χ2n) is 5.32. The lowest BCUT2D eigenvalue weighted by molar-refractivity contribution is 0.0699. The second kappa shape index (κ2) is 10.9. The maximum Gasteiger partial charge on any atom is 0.161 e. The molecule has 0 aromatic heterocycles. The van der Waals surface area contributed by atoms with Gasteiger partial charge in [0.05, 0.1) is 26.9 Å². The third-order valence-electron chi connectivity index (χ3n) is 3.20. The van der Waals surface area contributed by atoms with Gasteiger partial charge in [-0.1, -0.05) is 37.6 Å². The summed E-state index contributed by atoms with van der Waals surface area (Å²) in [4.78, 5) is 0. The lowest BCUT2D eigenvalue weighted by atomic mass is 9.99. The van der Waals surface area contributed by atoms with Crippen LogP contribution in [0.5, 0.6) is 11.5 Å². The van der Waals surface area contributed by atoms with Crippen molar-refractivity contribution in [2.24, 2.45) is 0 Å². The van der Waals surface area contributed by atoms with Crippen molar-refractivity contribution < 1.29 is 19.3 Å². The molecular formula is C19H28O4. The summed E-state index contributed by atoms with van der Waals surface area (Å²) in [5.41, 5.74) is 3.40. The van der Waals surface area contributed by atoms with E-state index in [-0.39, 0.29) is 6.61 Å². The van der Waals surface area contributed by atoms with Crippen molar-refractivity contribution >= 4 is 5.57 Å². The topological polar surface area (TPSA) is 47.9 Å². The number of benzene rings is 1. The Balaban J connectivity index is 2.83. The minimum absolute atomic E-state index is 0.0211. The van der Waals surface area contributed by atoms with Gasteiger partial charge in [-0.05, 0) is 36.6 Å². The van der Waals surface area contributed by atoms with Gasteiger partial charge in [-0.15, -0.1) is 0 Å². The fraction of sp³-hybridized carbons (Fsp3) is 0.474. The summed E-state index contributed by atoms with van der Waals surface area (Å²) in [6, 6.07) is 5.95. The predicted octanol–water partition coefficient (Wildman–Crippen LogP) is 3.84. The number of rotatable bonds is 11. The Hall–Kier alpha value is -1.78. The molecule has 0 saturated heterocycles. The van der Waals surface area contributed by atoms with E-state index in [1.807, 2.05) is 25.1 Å². The van der Waals surface area contributed by atoms with Crippen LogP contribution in [0.1, 0.15) is 32.3 Å². The highest BCUT2D eigenvalue weighted by Crippen LogP contribution is 2.32. The van der Waals surface area contributed by atoms with Crippen LogP contribution in [0, 0.1) is 0 Å². The Morgan fingerprint density at radius 1 is 1.22 bits per heavy atom. The standard InChI is InChI=1S/C19H28O4/c1-5-6-16(13-15(2)3)17-7-8-18(19(14-17)21-4)23-12-11-22-10-9-20/h7-8,13-14,20H,2,5-6,9-12H2,1,3-4H3/b16-13-. The van der Waals surface area contributed by atoms with Gasteiger partial charge in [0.2, 0.25) is 0 Å². The molecule has 0 saturated carbocycles. The molecule has 0 unspecified atom stereocenters. The van der Waals surface area contributed by atoms with Crippen LogP contribution in [0.25, 0.3) is 5.57 Å². The fourth-order valence-electron chi connectivity index (χ4n) is 2.23. The van der Waals surface area contributed by atoms with E-state index in [2.05, 4.69) is 19.6 Å². The molecule has 1 aromatic rings. The minimum Gasteiger partial charge on any atom is -0.493 e. The van der Waals surface area contributed by atoms with Crippen molar-refractivity contribution in [3.63, 3.8) is 0 Å². The average Bonchev–Trinajstić information content (AvgIpc) is 2.54. The van der Waals surface area contributed by atoms with Gasteiger partial charge in [0.25, 0.3) is 0 Å². The number of aliphatic hydroxyl groups is 1. The van der Waals surface area contributed by atoms with Gasteiger partial charge in [-0.2, -0.15) is 0 Å². The highest BCUT2D eigenvalue weighted by atomic mass is 16.5. The second-order valence-corrected chi connectivity index (χ2v) is 5.32. The van der Waals surface area contributed by atoms with Crippen LogP contribution < -0.4 is 9.47 Å². The molecule has 0 bridgehead atoms. The quantitative estimate of drug-likeness (QED) is 0.497. The molecule has 0 heterocycles. The van der Waals surface area contributed by atoms with E-state index in [9.17, 15) is 0 Å². The van der Waals surface area contributed by atoms with E-state index in [4.69, 9.17) is 19.3 Å². The number of hydrogen-bond acceptors (Lipinski definition) is 4. The van der Waals surface area contributed by atoms with E-state index in [0.29, 0.717) is 31.3 Å². The smallest absolute Gasteiger partial charge is 0.161 e. The van der Waals surface area contributed by atoms with Gasteiger partial charge < -0.3 is 19.3 Å². The molecule has 0 aliphatic rings. The Morgan fingerprint density at radius 2 is 2.00 bits per heavy atom. The van der Waals surface area contributed by atoms with Gasteiger partial charge in [-0.3, -0.25) is 0 Å². The molecule has 0 aliphatic heterocycles. The molecule has 1 rings (SSSR count). The first-order chi connectivity index (χ1) is 11.1. The molecule has 1 aromatic carbocycles. The number of methoxy groups -OCH3 is 1. The first kappa shape index (κ1) is 19.3. The van der Waals surface area contributed by atoms with Crippen LogP contribution in [0.15, 0.2) is 36.4 Å². The molecule has 0 amide bonds. The van der Waals surface area contributed by atoms with Crippen molar-refractivity contribution in [1.82, 2.24) is 0 Å². The van der Waals surface area contributed by atoms with Gasteiger partial charge in [-0.25, -0.2) is 0 Å². The third-order valence-corrected chi connectivity index (χ3v) is 3.20. The zero-order chi connectivity index (χ0) is 17.1. The van der Waals surface area contributed by atoms with Gasteiger partial charge in [0.1, 0.15) is 6.61 Å². The molecule has 4 nitrogen and oxygen atoms in total.